The van der Waals surface area contributed by atoms with Crippen molar-refractivity contribution in [2.24, 2.45) is 15.0 Å². The van der Waals surface area contributed by atoms with Crippen molar-refractivity contribution in [1.82, 2.24) is 0 Å². The smallest absolute Gasteiger partial charge is 0.206 e. The summed E-state index contributed by atoms with van der Waals surface area (Å²) >= 11 is 0. The van der Waals surface area contributed by atoms with Crippen LogP contribution < -0.4 is 0 Å². The third-order valence-corrected chi connectivity index (χ3v) is 1.30. The third-order valence-electron chi connectivity index (χ3n) is 1.30. The molecule has 0 radical (unpaired) electrons. The first-order valence-electron chi connectivity index (χ1n) is 2.72. The Labute approximate surface area is 52.5 Å². The van der Waals surface area contributed by atoms with Gasteiger partial charge in [0.1, 0.15) is 0 Å². The molecule has 0 aliphatic carbocycles. The fraction of sp³-hybridized carbons (Fsp3) is 0.167. The van der Waals surface area contributed by atoms with Crippen LogP contribution in [0.4, 0.5) is 0 Å². The largest absolute Gasteiger partial charge is 0.264 e. The van der Waals surface area contributed by atoms with Crippen molar-refractivity contribution < 1.29 is 0 Å². The number of aliphatic imine (C=N–C) groups is 3. The molecule has 2 heterocycles. The fourth-order valence-electron chi connectivity index (χ4n) is 0.840. The molecule has 2 aliphatic rings. The molecule has 2 rings (SSSR count). The van der Waals surface area contributed by atoms with E-state index >= 15 is 0 Å². The summed E-state index contributed by atoms with van der Waals surface area (Å²) in [7, 11) is 0. The number of rotatable bonds is 0. The maximum Gasteiger partial charge on any atom is 0.206 e. The average molecular weight is 119 g/mol. The summed E-state index contributed by atoms with van der Waals surface area (Å²) in [5, 5.41) is 0. The maximum absolute atomic E-state index is 4.08. The molecular formula is C6H5N3. The molecule has 3 heteroatoms. The molecule has 0 N–H and O–H groups in total. The van der Waals surface area contributed by atoms with E-state index in [0.29, 0.717) is 0 Å². The topological polar surface area (TPSA) is 37.1 Å². The molecule has 0 aromatic rings. The van der Waals surface area contributed by atoms with Crippen molar-refractivity contribution in [2.45, 2.75) is 5.66 Å². The Bertz CT molecular complexity index is 181. The van der Waals surface area contributed by atoms with Gasteiger partial charge in [0.15, 0.2) is 0 Å². The first kappa shape index (κ1) is 4.61. The highest BCUT2D eigenvalue weighted by atomic mass is 15.1. The zero-order valence-corrected chi connectivity index (χ0v) is 4.73. The molecule has 0 amide bonds. The zero-order chi connectivity index (χ0) is 6.16. The van der Waals surface area contributed by atoms with Crippen LogP contribution in [0.5, 0.6) is 0 Å². The van der Waals surface area contributed by atoms with Gasteiger partial charge < -0.3 is 0 Å². The van der Waals surface area contributed by atoms with Crippen molar-refractivity contribution in [3.8, 4) is 0 Å². The second-order valence-corrected chi connectivity index (χ2v) is 1.93. The van der Waals surface area contributed by atoms with Gasteiger partial charge in [-0.1, -0.05) is 0 Å². The van der Waals surface area contributed by atoms with Crippen LogP contribution in [0.1, 0.15) is 0 Å². The van der Waals surface area contributed by atoms with Crippen LogP contribution in [0, 0.1) is 0 Å². The fourth-order valence-corrected chi connectivity index (χ4v) is 0.840. The second-order valence-electron chi connectivity index (χ2n) is 1.93. The summed E-state index contributed by atoms with van der Waals surface area (Å²) in [4.78, 5) is 12.1. The molecule has 3 nitrogen and oxygen atoms in total. The lowest BCUT2D eigenvalue weighted by Crippen LogP contribution is -2.16. The average Bonchev–Trinajstić information content (AvgIpc) is 2.45. The van der Waals surface area contributed by atoms with E-state index in [4.69, 9.17) is 0 Å². The minimum Gasteiger partial charge on any atom is -0.264 e. The summed E-state index contributed by atoms with van der Waals surface area (Å²) in [6, 6.07) is 0. The summed E-state index contributed by atoms with van der Waals surface area (Å²) in [6.45, 7) is 0. The summed E-state index contributed by atoms with van der Waals surface area (Å²) in [5.74, 6) is 0. The molecule has 0 aromatic carbocycles. The van der Waals surface area contributed by atoms with Crippen LogP contribution in [-0.2, 0) is 0 Å². The highest BCUT2D eigenvalue weighted by Gasteiger charge is 2.25. The quantitative estimate of drug-likeness (QED) is 0.443. The first-order valence-corrected chi connectivity index (χ1v) is 2.72. The predicted octanol–water partition coefficient (Wildman–Crippen LogP) is 0.436. The van der Waals surface area contributed by atoms with Crippen LogP contribution >= 0.6 is 0 Å². The molecule has 0 aromatic heterocycles. The lowest BCUT2D eigenvalue weighted by atomic mass is 10.2. The molecule has 0 atom stereocenters. The molecule has 0 unspecified atom stereocenters. The van der Waals surface area contributed by atoms with Crippen LogP contribution in [0.25, 0.3) is 0 Å². The Morgan fingerprint density at radius 1 is 1.11 bits per heavy atom. The zero-order valence-electron chi connectivity index (χ0n) is 4.73. The van der Waals surface area contributed by atoms with E-state index in [1.807, 2.05) is 6.08 Å². The highest BCUT2D eigenvalue weighted by molar-refractivity contribution is 6.19. The molecule has 2 aliphatic heterocycles. The predicted molar refractivity (Wildman–Crippen MR) is 37.3 cm³/mol. The highest BCUT2D eigenvalue weighted by Crippen LogP contribution is 2.18. The van der Waals surface area contributed by atoms with Crippen molar-refractivity contribution in [3.05, 3.63) is 12.3 Å². The third kappa shape index (κ3) is 0.543. The second kappa shape index (κ2) is 1.37. The number of hydrogen-bond acceptors (Lipinski definition) is 3. The molecule has 1 spiro atoms. The molecule has 44 valence electrons. The van der Waals surface area contributed by atoms with Crippen molar-refractivity contribution >= 4 is 18.6 Å². The lowest BCUT2D eigenvalue weighted by Gasteiger charge is -2.06. The standard InChI is InChI=1S/C6H5N3/c1-2-7-5-6(1)8-3-4-9-6/h1-5H. The van der Waals surface area contributed by atoms with Gasteiger partial charge in [-0.15, -0.1) is 0 Å². The van der Waals surface area contributed by atoms with Crippen LogP contribution in [0.3, 0.4) is 0 Å². The van der Waals surface area contributed by atoms with E-state index in [-0.39, 0.29) is 0 Å². The Balaban J connectivity index is 2.46. The SMILES string of the molecule is C1=CC2(C=N1)N=CC=N2. The normalized spacial score (nSPS) is 24.9. The lowest BCUT2D eigenvalue weighted by molar-refractivity contribution is 0.796. The molecule has 0 saturated carbocycles. The molecule has 0 saturated heterocycles. The molecule has 0 bridgehead atoms. The first-order chi connectivity index (χ1) is 4.41. The van der Waals surface area contributed by atoms with Gasteiger partial charge in [0.25, 0.3) is 0 Å². The van der Waals surface area contributed by atoms with Crippen LogP contribution in [0.2, 0.25) is 0 Å². The van der Waals surface area contributed by atoms with E-state index in [2.05, 4.69) is 15.0 Å². The van der Waals surface area contributed by atoms with Gasteiger partial charge in [-0.25, -0.2) is 0 Å². The Hall–Kier alpha value is -1.25. The van der Waals surface area contributed by atoms with Gasteiger partial charge >= 0.3 is 0 Å². The Kier molecular flexibility index (Phi) is 0.704. The summed E-state index contributed by atoms with van der Waals surface area (Å²) < 4.78 is 0. The molecular weight excluding hydrogens is 114 g/mol. The Morgan fingerprint density at radius 2 is 1.89 bits per heavy atom. The van der Waals surface area contributed by atoms with Crippen LogP contribution in [0.15, 0.2) is 27.3 Å². The van der Waals surface area contributed by atoms with Crippen molar-refractivity contribution in [1.29, 1.82) is 0 Å². The minimum absolute atomic E-state index is 0.444. The maximum atomic E-state index is 4.08. The van der Waals surface area contributed by atoms with Gasteiger partial charge in [-0.05, 0) is 6.08 Å². The van der Waals surface area contributed by atoms with E-state index < -0.39 is 5.66 Å². The molecule has 9 heavy (non-hydrogen) atoms. The van der Waals surface area contributed by atoms with Gasteiger partial charge in [-0.3, -0.25) is 15.0 Å². The van der Waals surface area contributed by atoms with Crippen molar-refractivity contribution in [2.75, 3.05) is 0 Å². The van der Waals surface area contributed by atoms with Crippen LogP contribution in [-0.4, -0.2) is 24.3 Å². The summed E-state index contributed by atoms with van der Waals surface area (Å²) in [6.07, 6.45) is 8.64. The van der Waals surface area contributed by atoms with E-state index in [1.54, 1.807) is 24.8 Å². The van der Waals surface area contributed by atoms with Gasteiger partial charge in [0.05, 0.1) is 6.21 Å². The monoisotopic (exact) mass is 119 g/mol. The van der Waals surface area contributed by atoms with Gasteiger partial charge in [0.2, 0.25) is 5.66 Å². The van der Waals surface area contributed by atoms with E-state index in [9.17, 15) is 0 Å². The van der Waals surface area contributed by atoms with E-state index in [1.165, 1.54) is 0 Å². The minimum atomic E-state index is -0.444. The Morgan fingerprint density at radius 3 is 2.44 bits per heavy atom. The van der Waals surface area contributed by atoms with Gasteiger partial charge in [0, 0.05) is 18.6 Å². The van der Waals surface area contributed by atoms with Crippen molar-refractivity contribution in [3.63, 3.8) is 0 Å². The number of hydrogen-bond donors (Lipinski definition) is 0. The van der Waals surface area contributed by atoms with E-state index in [0.717, 1.165) is 0 Å². The number of nitrogens with zero attached hydrogens (tertiary/aromatic N) is 3. The van der Waals surface area contributed by atoms with Gasteiger partial charge in [-0.2, -0.15) is 0 Å². The molecule has 0 fully saturated rings. The summed E-state index contributed by atoms with van der Waals surface area (Å²) in [5.41, 5.74) is -0.444.